The number of ether oxygens (including phenoxy) is 8. The maximum atomic E-state index is 14.4. The van der Waals surface area contributed by atoms with Gasteiger partial charge in [0, 0.05) is 58.3 Å². The standard InChI is InChI=1S/C44H83N3O14/c1-16-32-44(10,53)37(49)29(6)47(13)23-25(2)21-42(8,52)39(27(4)35(28(5)40(51)59-32)60-34-22-43(9,55-15)38(50)30(7)58-34)61-41-36(31(46(11)12)20-26(3)57-41)56-19-17-18-45-33(48)24-54-14/h25-32,34-39,41,49-50,52-53H,16-24H2,1-15H3,(H,45,48)/t25-,26-,27+,28-,29-,30+,31+,32-,34+,35+,36-,37-,38+,39-,41+,42-,43-,44-/m1/s1. The van der Waals surface area contributed by atoms with Gasteiger partial charge in [-0.25, -0.2) is 0 Å². The van der Waals surface area contributed by atoms with Crippen LogP contribution in [0.3, 0.4) is 0 Å². The van der Waals surface area contributed by atoms with Crippen molar-refractivity contribution in [3.8, 4) is 0 Å². The Balaban J connectivity index is 2.16. The number of hydrogen-bond donors (Lipinski definition) is 5. The minimum atomic E-state index is -1.82. The highest BCUT2D eigenvalue weighted by atomic mass is 16.7. The molecule has 1 amide bonds. The van der Waals surface area contributed by atoms with Crippen LogP contribution in [0.4, 0.5) is 0 Å². The molecule has 3 rings (SSSR count). The van der Waals surface area contributed by atoms with Crippen molar-refractivity contribution in [2.24, 2.45) is 17.8 Å². The van der Waals surface area contributed by atoms with Crippen LogP contribution in [0.15, 0.2) is 0 Å². The molecule has 0 saturated carbocycles. The second-order valence-corrected chi connectivity index (χ2v) is 19.1. The summed E-state index contributed by atoms with van der Waals surface area (Å²) >= 11 is 0. The maximum absolute atomic E-state index is 14.4. The summed E-state index contributed by atoms with van der Waals surface area (Å²) in [6.07, 6.45) is -7.18. The van der Waals surface area contributed by atoms with Gasteiger partial charge in [0.2, 0.25) is 5.91 Å². The lowest BCUT2D eigenvalue weighted by Gasteiger charge is -2.49. The largest absolute Gasteiger partial charge is 0.459 e. The summed E-state index contributed by atoms with van der Waals surface area (Å²) in [4.78, 5) is 30.4. The lowest BCUT2D eigenvalue weighted by molar-refractivity contribution is -0.321. The summed E-state index contributed by atoms with van der Waals surface area (Å²) in [5.41, 5.74) is -4.43. The molecule has 17 heteroatoms. The molecule has 61 heavy (non-hydrogen) atoms. The molecule has 18 atom stereocenters. The molecule has 0 aromatic heterocycles. The molecule has 0 aromatic carbocycles. The van der Waals surface area contributed by atoms with E-state index in [1.54, 1.807) is 34.6 Å². The molecular weight excluding hydrogens is 794 g/mol. The van der Waals surface area contributed by atoms with Gasteiger partial charge in [0.25, 0.3) is 0 Å². The number of hydrogen-bond acceptors (Lipinski definition) is 16. The summed E-state index contributed by atoms with van der Waals surface area (Å²) in [7, 11) is 8.76. The Morgan fingerprint density at radius 3 is 2.21 bits per heavy atom. The summed E-state index contributed by atoms with van der Waals surface area (Å²) in [5, 5.41) is 50.1. The second-order valence-electron chi connectivity index (χ2n) is 19.1. The number of likely N-dealkylation sites (N-methyl/N-ethyl adjacent to an activating group) is 2. The van der Waals surface area contributed by atoms with Crippen LogP contribution in [0.5, 0.6) is 0 Å². The first-order valence-electron chi connectivity index (χ1n) is 22.3. The molecule has 358 valence electrons. The van der Waals surface area contributed by atoms with Crippen LogP contribution in [0.25, 0.3) is 0 Å². The van der Waals surface area contributed by atoms with Gasteiger partial charge in [0.15, 0.2) is 12.6 Å². The number of rotatable bonds is 14. The van der Waals surface area contributed by atoms with E-state index in [-0.39, 0.29) is 56.4 Å². The van der Waals surface area contributed by atoms with Crippen LogP contribution < -0.4 is 5.32 Å². The van der Waals surface area contributed by atoms with E-state index in [0.717, 1.165) is 0 Å². The molecule has 3 aliphatic heterocycles. The molecule has 0 unspecified atom stereocenters. The number of cyclic esters (lactones) is 1. The van der Waals surface area contributed by atoms with Crippen LogP contribution in [0.1, 0.15) is 101 Å². The zero-order valence-corrected chi connectivity index (χ0v) is 39.8. The van der Waals surface area contributed by atoms with E-state index in [1.807, 2.05) is 53.7 Å². The van der Waals surface area contributed by atoms with Crippen LogP contribution in [0, 0.1) is 17.8 Å². The fourth-order valence-electron chi connectivity index (χ4n) is 9.60. The van der Waals surface area contributed by atoms with Gasteiger partial charge < -0.3 is 73.4 Å². The molecule has 3 aliphatic rings. The number of aliphatic hydroxyl groups is 4. The Morgan fingerprint density at radius 1 is 0.967 bits per heavy atom. The highest BCUT2D eigenvalue weighted by molar-refractivity contribution is 5.77. The van der Waals surface area contributed by atoms with Crippen LogP contribution >= 0.6 is 0 Å². The quantitative estimate of drug-likeness (QED) is 0.125. The average Bonchev–Trinajstić information content (AvgIpc) is 3.18. The van der Waals surface area contributed by atoms with Crippen molar-refractivity contribution in [1.82, 2.24) is 15.1 Å². The fraction of sp³-hybridized carbons (Fsp3) is 0.955. The van der Waals surface area contributed by atoms with Gasteiger partial charge in [0.05, 0.1) is 41.5 Å². The van der Waals surface area contributed by atoms with Crippen molar-refractivity contribution in [2.75, 3.05) is 61.7 Å². The smallest absolute Gasteiger partial charge is 0.311 e. The average molecular weight is 878 g/mol. The Bertz CT molecular complexity index is 1360. The zero-order chi connectivity index (χ0) is 46.2. The molecule has 0 bridgehead atoms. The summed E-state index contributed by atoms with van der Waals surface area (Å²) in [6, 6.07) is -0.697. The first-order valence-corrected chi connectivity index (χ1v) is 22.3. The van der Waals surface area contributed by atoms with E-state index in [1.165, 1.54) is 21.1 Å². The Hall–Kier alpha value is -1.58. The molecule has 3 fully saturated rings. The van der Waals surface area contributed by atoms with E-state index in [9.17, 15) is 30.0 Å². The van der Waals surface area contributed by atoms with Crippen LogP contribution in [0.2, 0.25) is 0 Å². The molecule has 0 aromatic rings. The van der Waals surface area contributed by atoms with Crippen molar-refractivity contribution >= 4 is 11.9 Å². The Kier molecular flexibility index (Phi) is 20.3. The van der Waals surface area contributed by atoms with Crippen molar-refractivity contribution in [1.29, 1.82) is 0 Å². The molecule has 3 saturated heterocycles. The third-order valence-corrected chi connectivity index (χ3v) is 13.4. The number of carbonyl (C=O) groups excluding carboxylic acids is 2. The molecular formula is C44H83N3O14. The van der Waals surface area contributed by atoms with Gasteiger partial charge in [-0.05, 0) is 101 Å². The van der Waals surface area contributed by atoms with Crippen molar-refractivity contribution in [3.05, 3.63) is 0 Å². The zero-order valence-electron chi connectivity index (χ0n) is 39.8. The number of methoxy groups -OCH3 is 2. The maximum Gasteiger partial charge on any atom is 0.311 e. The summed E-state index contributed by atoms with van der Waals surface area (Å²) < 4.78 is 50.1. The molecule has 5 N–H and O–H groups in total. The number of carbonyl (C=O) groups is 2. The van der Waals surface area contributed by atoms with Crippen LogP contribution in [-0.4, -0.2) is 194 Å². The predicted octanol–water partition coefficient (Wildman–Crippen LogP) is 2.08. The SMILES string of the molecule is CC[C@H]1OC(=O)[C@H](C)[C@@H](O[C@H]2C[C@@](C)(OC)[C@@H](O)[C@H](C)O2)[C@H](C)[C@@H](O[C@@H]2O[C@H](C)C[C@H](N(C)C)[C@H]2OCCCNC(=O)COC)[C@](C)(O)C[C@@H](C)CN(C)[C@H](C)[C@@H](O)[C@]1(C)O. The van der Waals surface area contributed by atoms with Crippen molar-refractivity contribution < 1.29 is 67.9 Å². The van der Waals surface area contributed by atoms with Gasteiger partial charge >= 0.3 is 5.97 Å². The lowest BCUT2D eigenvalue weighted by Crippen LogP contribution is -2.61. The van der Waals surface area contributed by atoms with Gasteiger partial charge in [-0.3, -0.25) is 9.59 Å². The monoisotopic (exact) mass is 878 g/mol. The predicted molar refractivity (Wildman–Crippen MR) is 227 cm³/mol. The first kappa shape index (κ1) is 53.8. The van der Waals surface area contributed by atoms with Crippen molar-refractivity contribution in [3.63, 3.8) is 0 Å². The van der Waals surface area contributed by atoms with E-state index in [4.69, 9.17) is 37.9 Å². The molecule has 0 spiro atoms. The number of aliphatic hydroxyl groups excluding tert-OH is 2. The minimum Gasteiger partial charge on any atom is -0.459 e. The third-order valence-electron chi connectivity index (χ3n) is 13.4. The highest BCUT2D eigenvalue weighted by Gasteiger charge is 2.53. The number of amides is 1. The van der Waals surface area contributed by atoms with E-state index in [2.05, 4.69) is 10.2 Å². The normalized spacial score (nSPS) is 43.9. The van der Waals surface area contributed by atoms with Crippen LogP contribution in [-0.2, 0) is 47.5 Å². The molecule has 0 radical (unpaired) electrons. The van der Waals surface area contributed by atoms with Gasteiger partial charge in [-0.1, -0.05) is 20.8 Å². The third kappa shape index (κ3) is 13.7. The Morgan fingerprint density at radius 2 is 1.62 bits per heavy atom. The number of esters is 1. The molecule has 0 aliphatic carbocycles. The number of nitrogens with one attached hydrogen (secondary N) is 1. The van der Waals surface area contributed by atoms with E-state index < -0.39 is 96.0 Å². The topological polar surface area (TPSA) is 207 Å². The minimum absolute atomic E-state index is 0.0379. The Labute approximate surface area is 365 Å². The van der Waals surface area contributed by atoms with Gasteiger partial charge in [-0.2, -0.15) is 0 Å². The molecule has 17 nitrogen and oxygen atoms in total. The first-order chi connectivity index (χ1) is 28.3. The van der Waals surface area contributed by atoms with E-state index >= 15 is 0 Å². The second kappa shape index (κ2) is 23.0. The fourth-order valence-corrected chi connectivity index (χ4v) is 9.60. The lowest BCUT2D eigenvalue weighted by atomic mass is 9.77. The molecule has 3 heterocycles. The highest BCUT2D eigenvalue weighted by Crippen LogP contribution is 2.40. The summed E-state index contributed by atoms with van der Waals surface area (Å²) in [5.74, 6) is -2.86. The van der Waals surface area contributed by atoms with E-state index in [0.29, 0.717) is 25.9 Å². The van der Waals surface area contributed by atoms with Crippen molar-refractivity contribution in [2.45, 2.75) is 192 Å². The summed E-state index contributed by atoms with van der Waals surface area (Å²) in [6.45, 7) is 18.8. The number of nitrogens with zero attached hydrogens (tertiary/aromatic N) is 2. The van der Waals surface area contributed by atoms with Gasteiger partial charge in [0.1, 0.15) is 36.6 Å². The van der Waals surface area contributed by atoms with Gasteiger partial charge in [-0.15, -0.1) is 0 Å².